The maximum Gasteiger partial charge on any atom is 0.193 e. The van der Waals surface area contributed by atoms with Crippen molar-refractivity contribution in [2.24, 2.45) is 0 Å². The Morgan fingerprint density at radius 2 is 1.48 bits per heavy atom. The minimum Gasteiger partial charge on any atom is -0.506 e. The summed E-state index contributed by atoms with van der Waals surface area (Å²) in [4.78, 5) is 13.1. The molecule has 2 heterocycles. The first-order chi connectivity index (χ1) is 13.7. The van der Waals surface area contributed by atoms with E-state index in [-0.39, 0.29) is 17.1 Å². The SMILES string of the molecule is CC1(C)C=Cc2c(O)c(C(=O)C=Cc3ccccc3)c3c(c2O1)C=CC(C)(C)O3. The summed E-state index contributed by atoms with van der Waals surface area (Å²) in [7, 11) is 0. The maximum absolute atomic E-state index is 13.1. The molecule has 2 aliphatic heterocycles. The van der Waals surface area contributed by atoms with Gasteiger partial charge in [0.15, 0.2) is 5.78 Å². The number of phenols is 1. The Labute approximate surface area is 170 Å². The number of rotatable bonds is 3. The van der Waals surface area contributed by atoms with Gasteiger partial charge >= 0.3 is 0 Å². The Bertz CT molecular complexity index is 1070. The summed E-state index contributed by atoms with van der Waals surface area (Å²) in [5.41, 5.74) is 1.09. The molecule has 0 aromatic heterocycles. The van der Waals surface area contributed by atoms with Crippen LogP contribution >= 0.6 is 0 Å². The highest BCUT2D eigenvalue weighted by atomic mass is 16.5. The average Bonchev–Trinajstić information content (AvgIpc) is 2.65. The zero-order valence-electron chi connectivity index (χ0n) is 17.0. The highest BCUT2D eigenvalue weighted by molar-refractivity contribution is 6.12. The molecule has 4 rings (SSSR count). The molecule has 0 unspecified atom stereocenters. The number of hydrogen-bond acceptors (Lipinski definition) is 4. The van der Waals surface area contributed by atoms with Crippen molar-refractivity contribution in [1.82, 2.24) is 0 Å². The van der Waals surface area contributed by atoms with Crippen LogP contribution in [0.4, 0.5) is 0 Å². The molecule has 0 bridgehead atoms. The summed E-state index contributed by atoms with van der Waals surface area (Å²) in [5, 5.41) is 11.0. The van der Waals surface area contributed by atoms with Crippen molar-refractivity contribution in [1.29, 1.82) is 0 Å². The second-order valence-corrected chi connectivity index (χ2v) is 8.40. The van der Waals surface area contributed by atoms with Crippen LogP contribution in [0.1, 0.15) is 54.7 Å². The topological polar surface area (TPSA) is 55.8 Å². The van der Waals surface area contributed by atoms with E-state index in [1.54, 1.807) is 12.2 Å². The number of ketones is 1. The lowest BCUT2D eigenvalue weighted by Crippen LogP contribution is -2.31. The van der Waals surface area contributed by atoms with Gasteiger partial charge in [-0.2, -0.15) is 0 Å². The van der Waals surface area contributed by atoms with Gasteiger partial charge in [-0.1, -0.05) is 36.4 Å². The molecule has 4 nitrogen and oxygen atoms in total. The number of carbonyl (C=O) groups excluding carboxylic acids is 1. The standard InChI is InChI=1S/C25H24O4/c1-24(2)14-12-17-21(27)20(19(26)11-10-16-8-6-5-7-9-16)23-18(22(17)28-24)13-15-25(3,4)29-23/h5-15,27H,1-4H3. The highest BCUT2D eigenvalue weighted by Gasteiger charge is 2.36. The molecule has 0 aliphatic carbocycles. The van der Waals surface area contributed by atoms with Gasteiger partial charge in [0.05, 0.1) is 11.1 Å². The summed E-state index contributed by atoms with van der Waals surface area (Å²) in [6.07, 6.45) is 10.7. The van der Waals surface area contributed by atoms with Crippen LogP contribution in [0.25, 0.3) is 18.2 Å². The second kappa shape index (κ2) is 6.66. The summed E-state index contributed by atoms with van der Waals surface area (Å²) in [6, 6.07) is 9.55. The minimum absolute atomic E-state index is 0.126. The van der Waals surface area contributed by atoms with Crippen molar-refractivity contribution in [2.45, 2.75) is 38.9 Å². The fourth-order valence-electron chi connectivity index (χ4n) is 3.46. The van der Waals surface area contributed by atoms with Gasteiger partial charge in [0.25, 0.3) is 0 Å². The van der Waals surface area contributed by atoms with E-state index in [1.165, 1.54) is 6.08 Å². The Balaban J connectivity index is 1.87. The maximum atomic E-state index is 13.1. The van der Waals surface area contributed by atoms with Crippen molar-refractivity contribution in [2.75, 3.05) is 0 Å². The van der Waals surface area contributed by atoms with Crippen molar-refractivity contribution in [3.05, 3.63) is 70.8 Å². The molecule has 0 radical (unpaired) electrons. The number of ether oxygens (including phenoxy) is 2. The Hall–Kier alpha value is -3.27. The lowest BCUT2D eigenvalue weighted by molar-refractivity contribution is 0.102. The zero-order chi connectivity index (χ0) is 20.8. The number of benzene rings is 2. The van der Waals surface area contributed by atoms with Crippen LogP contribution in [-0.4, -0.2) is 22.1 Å². The predicted octanol–water partition coefficient (Wildman–Crippen LogP) is 5.66. The van der Waals surface area contributed by atoms with Gasteiger partial charge in [0.2, 0.25) is 0 Å². The molecule has 29 heavy (non-hydrogen) atoms. The summed E-state index contributed by atoms with van der Waals surface area (Å²) in [6.45, 7) is 7.69. The third kappa shape index (κ3) is 3.58. The zero-order valence-corrected chi connectivity index (χ0v) is 17.0. The fraction of sp³-hybridized carbons (Fsp3) is 0.240. The molecule has 4 heteroatoms. The van der Waals surface area contributed by atoms with Crippen molar-refractivity contribution in [3.8, 4) is 17.2 Å². The first-order valence-corrected chi connectivity index (χ1v) is 9.64. The third-order valence-electron chi connectivity index (χ3n) is 4.96. The lowest BCUT2D eigenvalue weighted by Gasteiger charge is -2.35. The highest BCUT2D eigenvalue weighted by Crippen LogP contribution is 2.50. The molecule has 1 N–H and O–H groups in total. The number of fused-ring (bicyclic) bond motifs is 3. The number of allylic oxidation sites excluding steroid dienone is 1. The summed E-state index contributed by atoms with van der Waals surface area (Å²) >= 11 is 0. The largest absolute Gasteiger partial charge is 0.506 e. The minimum atomic E-state index is -0.605. The van der Waals surface area contributed by atoms with E-state index in [9.17, 15) is 9.90 Å². The smallest absolute Gasteiger partial charge is 0.193 e. The van der Waals surface area contributed by atoms with Gasteiger partial charge in [-0.25, -0.2) is 0 Å². The number of phenolic OH excluding ortho intramolecular Hbond substituents is 1. The molecule has 2 aliphatic rings. The first-order valence-electron chi connectivity index (χ1n) is 9.64. The van der Waals surface area contributed by atoms with Crippen LogP contribution in [-0.2, 0) is 0 Å². The van der Waals surface area contributed by atoms with Crippen LogP contribution in [0, 0.1) is 0 Å². The summed E-state index contributed by atoms with van der Waals surface area (Å²) in [5.74, 6) is 0.428. The van der Waals surface area contributed by atoms with Crippen molar-refractivity contribution < 1.29 is 19.4 Å². The third-order valence-corrected chi connectivity index (χ3v) is 4.96. The van der Waals surface area contributed by atoms with E-state index >= 15 is 0 Å². The van der Waals surface area contributed by atoms with E-state index in [2.05, 4.69) is 0 Å². The van der Waals surface area contributed by atoms with Crippen LogP contribution in [0.15, 0.2) is 48.6 Å². The van der Waals surface area contributed by atoms with Gasteiger partial charge in [-0.3, -0.25) is 4.79 Å². The van der Waals surface area contributed by atoms with Gasteiger partial charge in [-0.15, -0.1) is 0 Å². The molecular weight excluding hydrogens is 364 g/mol. The van der Waals surface area contributed by atoms with Crippen LogP contribution < -0.4 is 9.47 Å². The average molecular weight is 388 g/mol. The van der Waals surface area contributed by atoms with E-state index in [1.807, 2.05) is 76.3 Å². The van der Waals surface area contributed by atoms with Crippen molar-refractivity contribution >= 4 is 24.0 Å². The monoisotopic (exact) mass is 388 g/mol. The van der Waals surface area contributed by atoms with Crippen LogP contribution in [0.3, 0.4) is 0 Å². The van der Waals surface area contributed by atoms with Gasteiger partial charge in [-0.05, 0) is 63.6 Å². The Morgan fingerprint density at radius 3 is 2.14 bits per heavy atom. The van der Waals surface area contributed by atoms with E-state index in [0.717, 1.165) is 5.56 Å². The number of carbonyl (C=O) groups is 1. The van der Waals surface area contributed by atoms with E-state index in [4.69, 9.17) is 9.47 Å². The van der Waals surface area contributed by atoms with E-state index < -0.39 is 11.2 Å². The van der Waals surface area contributed by atoms with Crippen LogP contribution in [0.5, 0.6) is 17.2 Å². The number of aromatic hydroxyl groups is 1. The molecule has 0 saturated heterocycles. The molecule has 0 saturated carbocycles. The van der Waals surface area contributed by atoms with E-state index in [0.29, 0.717) is 22.6 Å². The summed E-state index contributed by atoms with van der Waals surface area (Å²) < 4.78 is 12.3. The molecule has 0 fully saturated rings. The predicted molar refractivity (Wildman–Crippen MR) is 115 cm³/mol. The number of hydrogen-bond donors (Lipinski definition) is 1. The van der Waals surface area contributed by atoms with Crippen molar-refractivity contribution in [3.63, 3.8) is 0 Å². The molecule has 148 valence electrons. The second-order valence-electron chi connectivity index (χ2n) is 8.40. The normalized spacial score (nSPS) is 17.9. The molecule has 0 amide bonds. The Morgan fingerprint density at radius 1 is 0.897 bits per heavy atom. The van der Waals surface area contributed by atoms with Crippen LogP contribution in [0.2, 0.25) is 0 Å². The quantitative estimate of drug-likeness (QED) is 0.545. The van der Waals surface area contributed by atoms with Gasteiger partial charge < -0.3 is 14.6 Å². The van der Waals surface area contributed by atoms with Gasteiger partial charge in [0, 0.05) is 0 Å². The Kier molecular flexibility index (Phi) is 4.38. The molecular formula is C25H24O4. The fourth-order valence-corrected chi connectivity index (χ4v) is 3.46. The van der Waals surface area contributed by atoms with Gasteiger partial charge in [0.1, 0.15) is 34.0 Å². The molecule has 0 spiro atoms. The lowest BCUT2D eigenvalue weighted by atomic mass is 9.90. The molecule has 0 atom stereocenters. The molecule has 2 aromatic carbocycles. The molecule has 2 aromatic rings. The first kappa shape index (κ1) is 19.1.